The molecule has 0 aliphatic carbocycles. The average Bonchev–Trinajstić information content (AvgIpc) is 2.86. The lowest BCUT2D eigenvalue weighted by Crippen LogP contribution is -1.94. The summed E-state index contributed by atoms with van der Waals surface area (Å²) < 4.78 is 5.10. The van der Waals surface area contributed by atoms with Gasteiger partial charge in [0.15, 0.2) is 11.5 Å². The monoisotopic (exact) mass is 311 g/mol. The van der Waals surface area contributed by atoms with Crippen LogP contribution in [0.15, 0.2) is 22.6 Å². The fraction of sp³-hybridized carbons (Fsp3) is 0.231. The van der Waals surface area contributed by atoms with Crippen LogP contribution in [0.2, 0.25) is 0 Å². The number of benzene rings is 1. The van der Waals surface area contributed by atoms with Crippen LogP contribution >= 0.6 is 22.9 Å². The third kappa shape index (κ3) is 3.40. The predicted octanol–water partition coefficient (Wildman–Crippen LogP) is 3.35. The Morgan fingerprint density at radius 1 is 1.55 bits per heavy atom. The van der Waals surface area contributed by atoms with Crippen molar-refractivity contribution in [3.63, 3.8) is 0 Å². The van der Waals surface area contributed by atoms with Crippen molar-refractivity contribution in [2.45, 2.75) is 12.8 Å². The number of anilines is 1. The molecule has 2 N–H and O–H groups in total. The van der Waals surface area contributed by atoms with Gasteiger partial charge < -0.3 is 9.84 Å². The highest BCUT2D eigenvalue weighted by Crippen LogP contribution is 2.32. The van der Waals surface area contributed by atoms with Gasteiger partial charge in [-0.1, -0.05) is 0 Å². The highest BCUT2D eigenvalue weighted by atomic mass is 35.5. The van der Waals surface area contributed by atoms with E-state index in [9.17, 15) is 5.11 Å². The highest BCUT2D eigenvalue weighted by molar-refractivity contribution is 7.13. The van der Waals surface area contributed by atoms with Gasteiger partial charge in [-0.2, -0.15) is 5.10 Å². The predicted molar refractivity (Wildman–Crippen MR) is 82.3 cm³/mol. The van der Waals surface area contributed by atoms with Crippen molar-refractivity contribution in [2.75, 3.05) is 12.5 Å². The first-order valence-corrected chi connectivity index (χ1v) is 7.22. The molecule has 0 bridgehead atoms. The zero-order chi connectivity index (χ0) is 14.5. The molecule has 1 aromatic carbocycles. The summed E-state index contributed by atoms with van der Waals surface area (Å²) in [5.41, 5.74) is 5.16. The van der Waals surface area contributed by atoms with E-state index in [0.717, 1.165) is 16.4 Å². The van der Waals surface area contributed by atoms with Crippen LogP contribution in [0.5, 0.6) is 11.5 Å². The summed E-state index contributed by atoms with van der Waals surface area (Å²) in [6.07, 6.45) is 1.62. The summed E-state index contributed by atoms with van der Waals surface area (Å²) >= 11 is 7.26. The van der Waals surface area contributed by atoms with Crippen LogP contribution in [0.1, 0.15) is 16.8 Å². The topological polar surface area (TPSA) is 66.7 Å². The maximum absolute atomic E-state index is 9.84. The average molecular weight is 312 g/mol. The number of alkyl halides is 1. The van der Waals surface area contributed by atoms with Gasteiger partial charge in [0.2, 0.25) is 5.13 Å². The number of aryl methyl sites for hydroxylation is 1. The SMILES string of the molecule is COc1cc(C=NNc2nc(C)cs2)cc(CCl)c1O. The van der Waals surface area contributed by atoms with Gasteiger partial charge in [-0.15, -0.1) is 22.9 Å². The first kappa shape index (κ1) is 14.6. The lowest BCUT2D eigenvalue weighted by atomic mass is 10.1. The molecule has 2 rings (SSSR count). The summed E-state index contributed by atoms with van der Waals surface area (Å²) in [6, 6.07) is 3.44. The van der Waals surface area contributed by atoms with Crippen molar-refractivity contribution in [3.05, 3.63) is 34.3 Å². The molecule has 2 aromatic rings. The Balaban J connectivity index is 2.16. The van der Waals surface area contributed by atoms with Crippen molar-refractivity contribution >= 4 is 34.3 Å². The highest BCUT2D eigenvalue weighted by Gasteiger charge is 2.08. The number of nitrogens with zero attached hydrogens (tertiary/aromatic N) is 2. The summed E-state index contributed by atoms with van der Waals surface area (Å²) in [6.45, 7) is 1.92. The van der Waals surface area contributed by atoms with Crippen molar-refractivity contribution < 1.29 is 9.84 Å². The van der Waals surface area contributed by atoms with Gasteiger partial charge in [0.25, 0.3) is 0 Å². The Kier molecular flexibility index (Phi) is 4.81. The van der Waals surface area contributed by atoms with Gasteiger partial charge in [0, 0.05) is 10.9 Å². The van der Waals surface area contributed by atoms with Crippen LogP contribution in [0.4, 0.5) is 5.13 Å². The molecule has 0 saturated carbocycles. The number of phenolic OH excluding ortho intramolecular Hbond substituents is 1. The maximum atomic E-state index is 9.84. The first-order valence-electron chi connectivity index (χ1n) is 5.81. The third-order valence-corrected chi connectivity index (χ3v) is 3.69. The third-order valence-electron chi connectivity index (χ3n) is 2.53. The normalized spacial score (nSPS) is 10.9. The summed E-state index contributed by atoms with van der Waals surface area (Å²) in [4.78, 5) is 4.23. The van der Waals surface area contributed by atoms with E-state index in [0.29, 0.717) is 11.3 Å². The first-order chi connectivity index (χ1) is 9.63. The largest absolute Gasteiger partial charge is 0.504 e. The van der Waals surface area contributed by atoms with Crippen molar-refractivity contribution in [1.29, 1.82) is 0 Å². The van der Waals surface area contributed by atoms with Gasteiger partial charge in [-0.25, -0.2) is 4.98 Å². The number of rotatable bonds is 5. The molecule has 0 spiro atoms. The number of methoxy groups -OCH3 is 1. The number of aromatic hydroxyl groups is 1. The van der Waals surface area contributed by atoms with E-state index in [2.05, 4.69) is 15.5 Å². The Morgan fingerprint density at radius 3 is 2.95 bits per heavy atom. The zero-order valence-electron chi connectivity index (χ0n) is 11.1. The van der Waals surface area contributed by atoms with E-state index >= 15 is 0 Å². The Morgan fingerprint density at radius 2 is 2.35 bits per heavy atom. The Labute approximate surface area is 125 Å². The molecule has 0 aliphatic rings. The number of aromatic nitrogens is 1. The van der Waals surface area contributed by atoms with Crippen molar-refractivity contribution in [1.82, 2.24) is 4.98 Å². The second-order valence-electron chi connectivity index (χ2n) is 4.03. The zero-order valence-corrected chi connectivity index (χ0v) is 12.6. The number of phenols is 1. The number of nitrogens with one attached hydrogen (secondary N) is 1. The Bertz CT molecular complexity index is 603. The van der Waals surface area contributed by atoms with Crippen molar-refractivity contribution in [3.8, 4) is 11.5 Å². The summed E-state index contributed by atoms with van der Waals surface area (Å²) in [7, 11) is 1.49. The molecule has 20 heavy (non-hydrogen) atoms. The van der Waals surface area contributed by atoms with Crippen LogP contribution in [0.25, 0.3) is 0 Å². The quantitative estimate of drug-likeness (QED) is 0.505. The molecule has 7 heteroatoms. The van der Waals surface area contributed by atoms with Gasteiger partial charge >= 0.3 is 0 Å². The van der Waals surface area contributed by atoms with Crippen LogP contribution in [-0.4, -0.2) is 23.4 Å². The molecule has 5 nitrogen and oxygen atoms in total. The molecule has 0 radical (unpaired) electrons. The number of hydrogen-bond donors (Lipinski definition) is 2. The van der Waals surface area contributed by atoms with E-state index in [1.807, 2.05) is 12.3 Å². The molecule has 1 heterocycles. The van der Waals surface area contributed by atoms with E-state index in [4.69, 9.17) is 16.3 Å². The summed E-state index contributed by atoms with van der Waals surface area (Å²) in [5, 5.41) is 16.6. The molecule has 0 atom stereocenters. The number of halogens is 1. The van der Waals surface area contributed by atoms with Gasteiger partial charge in [0.1, 0.15) is 0 Å². The molecule has 0 amide bonds. The van der Waals surface area contributed by atoms with Gasteiger partial charge in [-0.05, 0) is 24.6 Å². The Hall–Kier alpha value is -1.79. The summed E-state index contributed by atoms with van der Waals surface area (Å²) in [5.74, 6) is 0.626. The van der Waals surface area contributed by atoms with E-state index in [1.165, 1.54) is 18.4 Å². The van der Waals surface area contributed by atoms with Gasteiger partial charge in [-0.3, -0.25) is 5.43 Å². The fourth-order valence-electron chi connectivity index (χ4n) is 1.59. The molecule has 0 saturated heterocycles. The second-order valence-corrected chi connectivity index (χ2v) is 5.15. The standard InChI is InChI=1S/C13H14ClN3O2S/c1-8-7-20-13(16-8)17-15-6-9-3-10(5-14)12(18)11(4-9)19-2/h3-4,6-7,18H,5H2,1-2H3,(H,16,17). The number of hydrogen-bond acceptors (Lipinski definition) is 6. The molecule has 106 valence electrons. The van der Waals surface area contributed by atoms with Crippen LogP contribution in [0.3, 0.4) is 0 Å². The van der Waals surface area contributed by atoms with Crippen molar-refractivity contribution in [2.24, 2.45) is 5.10 Å². The van der Waals surface area contributed by atoms with E-state index < -0.39 is 0 Å². The van der Waals surface area contributed by atoms with E-state index in [-0.39, 0.29) is 11.6 Å². The van der Waals surface area contributed by atoms with Crippen LogP contribution < -0.4 is 10.2 Å². The molecular weight excluding hydrogens is 298 g/mol. The number of hydrazone groups is 1. The molecule has 0 fully saturated rings. The van der Waals surface area contributed by atoms with Crippen LogP contribution in [0, 0.1) is 6.92 Å². The molecular formula is C13H14ClN3O2S. The lowest BCUT2D eigenvalue weighted by molar-refractivity contribution is 0.371. The lowest BCUT2D eigenvalue weighted by Gasteiger charge is -2.08. The molecule has 0 unspecified atom stereocenters. The van der Waals surface area contributed by atoms with Crippen LogP contribution in [-0.2, 0) is 5.88 Å². The second kappa shape index (κ2) is 6.58. The number of thiazole rings is 1. The minimum Gasteiger partial charge on any atom is -0.504 e. The minimum atomic E-state index is 0.0585. The maximum Gasteiger partial charge on any atom is 0.203 e. The van der Waals surface area contributed by atoms with E-state index in [1.54, 1.807) is 18.3 Å². The number of ether oxygens (including phenoxy) is 1. The van der Waals surface area contributed by atoms with Gasteiger partial charge in [0.05, 0.1) is 24.9 Å². The minimum absolute atomic E-state index is 0.0585. The fourth-order valence-corrected chi connectivity index (χ4v) is 2.43. The smallest absolute Gasteiger partial charge is 0.203 e. The molecule has 0 aliphatic heterocycles. The molecule has 1 aromatic heterocycles.